The van der Waals surface area contributed by atoms with Crippen molar-refractivity contribution in [2.75, 3.05) is 13.1 Å². The van der Waals surface area contributed by atoms with E-state index in [0.717, 1.165) is 37.7 Å². The second kappa shape index (κ2) is 9.82. The molecule has 0 bridgehead atoms. The Bertz CT molecular complexity index is 1530. The summed E-state index contributed by atoms with van der Waals surface area (Å²) in [5.41, 5.74) is 1.87. The number of likely N-dealkylation sites (tertiary alicyclic amines) is 1. The summed E-state index contributed by atoms with van der Waals surface area (Å²) in [5, 5.41) is 1.17. The lowest BCUT2D eigenvalue weighted by Crippen LogP contribution is -2.45. The highest BCUT2D eigenvalue weighted by molar-refractivity contribution is 6.37. The number of halogens is 4. The zero-order valence-corrected chi connectivity index (χ0v) is 22.4. The number of pyridine rings is 2. The number of para-hydroxylation sites is 1. The maximum atomic E-state index is 15.1. The van der Waals surface area contributed by atoms with Gasteiger partial charge < -0.3 is 0 Å². The first-order chi connectivity index (χ1) is 17.5. The molecule has 0 saturated carbocycles. The predicted molar refractivity (Wildman–Crippen MR) is 146 cm³/mol. The molecule has 0 amide bonds. The first kappa shape index (κ1) is 25.8. The Hall–Kier alpha value is -2.80. The maximum Gasteiger partial charge on any atom is 0.255 e. The normalized spacial score (nSPS) is 15.4. The van der Waals surface area contributed by atoms with Gasteiger partial charge in [0, 0.05) is 40.2 Å². The van der Waals surface area contributed by atoms with Gasteiger partial charge in [0.1, 0.15) is 11.6 Å². The van der Waals surface area contributed by atoms with Crippen LogP contribution in [0, 0.1) is 11.6 Å². The molecule has 4 nitrogen and oxygen atoms in total. The third kappa shape index (κ3) is 4.90. The van der Waals surface area contributed by atoms with E-state index in [2.05, 4.69) is 25.7 Å². The lowest BCUT2D eigenvalue weighted by molar-refractivity contribution is 0.102. The largest absolute Gasteiger partial charge is 0.298 e. The van der Waals surface area contributed by atoms with E-state index in [1.165, 1.54) is 22.8 Å². The number of fused-ring (bicyclic) bond motifs is 1. The average Bonchev–Trinajstić information content (AvgIpc) is 2.84. The minimum atomic E-state index is -0.720. The lowest BCUT2D eigenvalue weighted by Gasteiger charge is -2.40. The second-order valence-corrected chi connectivity index (χ2v) is 11.3. The molecule has 2 aromatic heterocycles. The summed E-state index contributed by atoms with van der Waals surface area (Å²) in [5.74, 6) is -1.28. The zero-order chi connectivity index (χ0) is 26.5. The standard InChI is InChI=1S/C29H27Cl2F2N3O/c1-29(2,3)35-13-11-17(12-14-35)24-16-25-20(27(34-24)19-8-7-18(32)15-23(19)33)9-10-26(37)36(25)28-21(30)5-4-6-22(28)31/h4-10,15-17H,11-14H2,1-3H3. The van der Waals surface area contributed by atoms with Crippen molar-refractivity contribution in [3.63, 3.8) is 0 Å². The maximum absolute atomic E-state index is 15.1. The first-order valence-corrected chi connectivity index (χ1v) is 13.0. The summed E-state index contributed by atoms with van der Waals surface area (Å²) in [4.78, 5) is 20.6. The second-order valence-electron chi connectivity index (χ2n) is 10.5. The molecular weight excluding hydrogens is 515 g/mol. The molecule has 0 aliphatic carbocycles. The summed E-state index contributed by atoms with van der Waals surface area (Å²) in [7, 11) is 0. The number of nitrogens with zero attached hydrogens (tertiary/aromatic N) is 3. The molecule has 37 heavy (non-hydrogen) atoms. The molecule has 1 saturated heterocycles. The molecule has 4 aromatic rings. The predicted octanol–water partition coefficient (Wildman–Crippen LogP) is 7.62. The van der Waals surface area contributed by atoms with Crippen LogP contribution in [0.25, 0.3) is 27.8 Å². The van der Waals surface area contributed by atoms with E-state index < -0.39 is 11.6 Å². The van der Waals surface area contributed by atoms with E-state index in [1.54, 1.807) is 24.3 Å². The van der Waals surface area contributed by atoms with Crippen molar-refractivity contribution in [3.8, 4) is 16.9 Å². The molecule has 0 atom stereocenters. The van der Waals surface area contributed by atoms with Crippen molar-refractivity contribution in [2.45, 2.75) is 45.1 Å². The van der Waals surface area contributed by atoms with Crippen LogP contribution in [0.5, 0.6) is 0 Å². The first-order valence-electron chi connectivity index (χ1n) is 12.3. The molecule has 0 N–H and O–H groups in total. The van der Waals surface area contributed by atoms with Gasteiger partial charge in [0.05, 0.1) is 26.9 Å². The zero-order valence-electron chi connectivity index (χ0n) is 20.9. The quantitative estimate of drug-likeness (QED) is 0.267. The molecule has 192 valence electrons. The highest BCUT2D eigenvalue weighted by Gasteiger charge is 2.29. The number of aromatic nitrogens is 2. The van der Waals surface area contributed by atoms with Gasteiger partial charge >= 0.3 is 0 Å². The number of hydrogen-bond donors (Lipinski definition) is 0. The Kier molecular flexibility index (Phi) is 6.86. The number of rotatable bonds is 3. The topological polar surface area (TPSA) is 38.1 Å². The Morgan fingerprint density at radius 3 is 2.24 bits per heavy atom. The van der Waals surface area contributed by atoms with Gasteiger partial charge in [-0.1, -0.05) is 29.3 Å². The third-order valence-corrected chi connectivity index (χ3v) is 7.73. The van der Waals surface area contributed by atoms with E-state index >= 15 is 4.39 Å². The molecule has 2 aromatic carbocycles. The van der Waals surface area contributed by atoms with Gasteiger partial charge in [0.2, 0.25) is 0 Å². The smallest absolute Gasteiger partial charge is 0.255 e. The van der Waals surface area contributed by atoms with E-state index in [1.807, 2.05) is 6.07 Å². The molecule has 1 aliphatic heterocycles. The van der Waals surface area contributed by atoms with Crippen molar-refractivity contribution < 1.29 is 8.78 Å². The Balaban J connectivity index is 1.77. The van der Waals surface area contributed by atoms with Crippen molar-refractivity contribution >= 4 is 34.1 Å². The van der Waals surface area contributed by atoms with E-state index in [4.69, 9.17) is 28.2 Å². The monoisotopic (exact) mass is 541 g/mol. The minimum Gasteiger partial charge on any atom is -0.298 e. The van der Waals surface area contributed by atoms with Gasteiger partial charge in [0.25, 0.3) is 5.56 Å². The molecule has 0 radical (unpaired) electrons. The molecule has 1 aliphatic rings. The molecule has 0 spiro atoms. The van der Waals surface area contributed by atoms with Crippen LogP contribution in [0.2, 0.25) is 10.0 Å². The van der Waals surface area contributed by atoms with E-state index in [9.17, 15) is 9.18 Å². The molecular formula is C29H27Cl2F2N3O. The molecule has 0 unspecified atom stereocenters. The van der Waals surface area contributed by atoms with Crippen LogP contribution in [0.1, 0.15) is 45.2 Å². The van der Waals surface area contributed by atoms with Crippen LogP contribution in [-0.2, 0) is 0 Å². The highest BCUT2D eigenvalue weighted by atomic mass is 35.5. The fourth-order valence-electron chi connectivity index (χ4n) is 5.13. The van der Waals surface area contributed by atoms with E-state index in [-0.39, 0.29) is 22.6 Å². The van der Waals surface area contributed by atoms with Gasteiger partial charge in [-0.3, -0.25) is 19.2 Å². The van der Waals surface area contributed by atoms with Gasteiger partial charge in [-0.2, -0.15) is 0 Å². The summed E-state index contributed by atoms with van der Waals surface area (Å²) in [6.45, 7) is 8.38. The summed E-state index contributed by atoms with van der Waals surface area (Å²) in [6.07, 6.45) is 1.73. The Labute approximate surface area is 224 Å². The molecule has 1 fully saturated rings. The summed E-state index contributed by atoms with van der Waals surface area (Å²) < 4.78 is 30.3. The van der Waals surface area contributed by atoms with Crippen molar-refractivity contribution in [3.05, 3.63) is 92.3 Å². The fraction of sp³-hybridized carbons (Fsp3) is 0.310. The van der Waals surface area contributed by atoms with Crippen LogP contribution < -0.4 is 5.56 Å². The van der Waals surface area contributed by atoms with Crippen LogP contribution in [0.15, 0.2) is 59.4 Å². The van der Waals surface area contributed by atoms with Gasteiger partial charge in [0.15, 0.2) is 0 Å². The molecule has 5 rings (SSSR count). The van der Waals surface area contributed by atoms with Crippen molar-refractivity contribution in [1.29, 1.82) is 0 Å². The average molecular weight is 542 g/mol. The van der Waals surface area contributed by atoms with Crippen LogP contribution in [0.4, 0.5) is 8.78 Å². The lowest BCUT2D eigenvalue weighted by atomic mass is 9.89. The van der Waals surface area contributed by atoms with Gasteiger partial charge in [-0.05, 0) is 83.1 Å². The van der Waals surface area contributed by atoms with Crippen LogP contribution in [0.3, 0.4) is 0 Å². The van der Waals surface area contributed by atoms with E-state index in [0.29, 0.717) is 32.3 Å². The van der Waals surface area contributed by atoms with Crippen LogP contribution >= 0.6 is 23.2 Å². The van der Waals surface area contributed by atoms with Crippen molar-refractivity contribution in [2.24, 2.45) is 0 Å². The number of piperidine rings is 1. The molecule has 3 heterocycles. The van der Waals surface area contributed by atoms with Gasteiger partial charge in [-0.15, -0.1) is 0 Å². The number of benzene rings is 2. The highest BCUT2D eigenvalue weighted by Crippen LogP contribution is 2.37. The summed E-state index contributed by atoms with van der Waals surface area (Å²) >= 11 is 13.0. The summed E-state index contributed by atoms with van der Waals surface area (Å²) in [6, 6.07) is 13.4. The SMILES string of the molecule is CC(C)(C)N1CCC(c2cc3c(ccc(=O)n3-c3c(Cl)cccc3Cl)c(-c3ccc(F)cc3F)n2)CC1. The Morgan fingerprint density at radius 1 is 0.946 bits per heavy atom. The third-order valence-electron chi connectivity index (χ3n) is 7.12. The van der Waals surface area contributed by atoms with Crippen molar-refractivity contribution in [1.82, 2.24) is 14.5 Å². The van der Waals surface area contributed by atoms with Gasteiger partial charge in [-0.25, -0.2) is 8.78 Å². The fourth-order valence-corrected chi connectivity index (χ4v) is 5.70. The Morgan fingerprint density at radius 2 is 1.62 bits per heavy atom. The van der Waals surface area contributed by atoms with Crippen LogP contribution in [-0.4, -0.2) is 33.1 Å². The number of hydrogen-bond acceptors (Lipinski definition) is 3. The molecule has 8 heteroatoms. The minimum absolute atomic E-state index is 0.0610.